The molecule has 0 spiro atoms. The van der Waals surface area contributed by atoms with Gasteiger partial charge in [0.05, 0.1) is 0 Å². The number of carbonyl (C=O) groups excluding carboxylic acids is 1. The van der Waals surface area contributed by atoms with E-state index in [1.165, 1.54) is 16.2 Å². The average Bonchev–Trinajstić information content (AvgIpc) is 3.23. The number of para-hydroxylation sites is 1. The summed E-state index contributed by atoms with van der Waals surface area (Å²) in [6, 6.07) is 13.3. The lowest BCUT2D eigenvalue weighted by atomic mass is 10.3. The summed E-state index contributed by atoms with van der Waals surface area (Å²) in [7, 11) is 0. The molecule has 0 radical (unpaired) electrons. The van der Waals surface area contributed by atoms with E-state index in [9.17, 15) is 4.79 Å². The quantitative estimate of drug-likeness (QED) is 0.509. The molecule has 0 bridgehead atoms. The zero-order chi connectivity index (χ0) is 15.9. The van der Waals surface area contributed by atoms with Crippen molar-refractivity contribution in [2.24, 2.45) is 0 Å². The molecule has 2 heterocycles. The van der Waals surface area contributed by atoms with Crippen LogP contribution >= 0.6 is 34.4 Å². The minimum Gasteiger partial charge on any atom is -0.484 e. The molecule has 0 unspecified atom stereocenters. The summed E-state index contributed by atoms with van der Waals surface area (Å²) in [5, 5.41) is 13.3. The van der Waals surface area contributed by atoms with Gasteiger partial charge in [0.25, 0.3) is 5.91 Å². The Kier molecular flexibility index (Phi) is 5.62. The summed E-state index contributed by atoms with van der Waals surface area (Å²) in [4.78, 5) is 13.1. The second kappa shape index (κ2) is 8.09. The third-order valence-electron chi connectivity index (χ3n) is 2.68. The molecule has 1 amide bonds. The van der Waals surface area contributed by atoms with Gasteiger partial charge in [0.1, 0.15) is 5.75 Å². The van der Waals surface area contributed by atoms with Crippen LogP contribution in [-0.2, 0) is 10.5 Å². The highest BCUT2D eigenvalue weighted by atomic mass is 32.2. The highest BCUT2D eigenvalue weighted by molar-refractivity contribution is 8.00. The highest BCUT2D eigenvalue weighted by Crippen LogP contribution is 2.29. The zero-order valence-corrected chi connectivity index (χ0v) is 14.4. The van der Waals surface area contributed by atoms with Crippen LogP contribution in [0.5, 0.6) is 5.75 Å². The smallest absolute Gasteiger partial charge is 0.264 e. The van der Waals surface area contributed by atoms with Crippen molar-refractivity contribution in [1.82, 2.24) is 10.2 Å². The average molecular weight is 363 g/mol. The van der Waals surface area contributed by atoms with Crippen molar-refractivity contribution in [3.63, 3.8) is 0 Å². The van der Waals surface area contributed by atoms with Gasteiger partial charge < -0.3 is 4.74 Å². The van der Waals surface area contributed by atoms with E-state index in [1.54, 1.807) is 35.2 Å². The number of thioether (sulfide) groups is 1. The minimum absolute atomic E-state index is 0.0543. The van der Waals surface area contributed by atoms with Crippen LogP contribution in [0.2, 0.25) is 0 Å². The first kappa shape index (κ1) is 16.0. The van der Waals surface area contributed by atoms with E-state index >= 15 is 0 Å². The second-order valence-corrected chi connectivity index (χ2v) is 7.62. The van der Waals surface area contributed by atoms with Gasteiger partial charge in [0.2, 0.25) is 5.13 Å². The number of aromatic nitrogens is 2. The molecule has 3 rings (SSSR count). The monoisotopic (exact) mass is 363 g/mol. The number of hydrogen-bond donors (Lipinski definition) is 1. The highest BCUT2D eigenvalue weighted by Gasteiger charge is 2.09. The summed E-state index contributed by atoms with van der Waals surface area (Å²) in [5.74, 6) is 1.27. The normalized spacial score (nSPS) is 10.4. The van der Waals surface area contributed by atoms with Crippen molar-refractivity contribution in [2.45, 2.75) is 10.1 Å². The third kappa shape index (κ3) is 5.05. The number of nitrogens with one attached hydrogen (secondary N) is 1. The van der Waals surface area contributed by atoms with Gasteiger partial charge in [0.15, 0.2) is 10.9 Å². The van der Waals surface area contributed by atoms with Crippen LogP contribution in [0.15, 0.2) is 52.2 Å². The molecule has 0 saturated carbocycles. The van der Waals surface area contributed by atoms with Crippen molar-refractivity contribution in [3.8, 4) is 5.75 Å². The molecule has 0 saturated heterocycles. The summed E-state index contributed by atoms with van der Waals surface area (Å²) in [6.07, 6.45) is 0. The Hall–Kier alpha value is -1.90. The second-order valence-electron chi connectivity index (χ2n) is 4.39. The first-order chi connectivity index (χ1) is 11.3. The number of anilines is 1. The van der Waals surface area contributed by atoms with E-state index in [-0.39, 0.29) is 12.5 Å². The van der Waals surface area contributed by atoms with E-state index in [2.05, 4.69) is 21.6 Å². The maximum Gasteiger partial charge on any atom is 0.264 e. The molecule has 0 aliphatic heterocycles. The van der Waals surface area contributed by atoms with E-state index in [4.69, 9.17) is 4.74 Å². The minimum atomic E-state index is -0.250. The number of nitrogens with zero attached hydrogens (tertiary/aromatic N) is 2. The van der Waals surface area contributed by atoms with Crippen LogP contribution in [0.25, 0.3) is 0 Å². The number of hydrogen-bond acceptors (Lipinski definition) is 7. The Balaban J connectivity index is 1.45. The number of ether oxygens (including phenoxy) is 1. The lowest BCUT2D eigenvalue weighted by molar-refractivity contribution is -0.118. The molecule has 1 aromatic carbocycles. The van der Waals surface area contributed by atoms with Crippen molar-refractivity contribution < 1.29 is 9.53 Å². The molecule has 0 aliphatic rings. The summed E-state index contributed by atoms with van der Waals surface area (Å²) in [5.41, 5.74) is 0. The molecule has 2 aromatic heterocycles. The standard InChI is InChI=1S/C15H13N3O2S3/c19-13(9-20-11-5-2-1-3-6-11)16-14-17-18-15(23-14)22-10-12-7-4-8-21-12/h1-8H,9-10H2,(H,16,17,19). The number of amides is 1. The lowest BCUT2D eigenvalue weighted by Crippen LogP contribution is -2.20. The molecular formula is C15H13N3O2S3. The molecule has 23 heavy (non-hydrogen) atoms. The largest absolute Gasteiger partial charge is 0.484 e. The first-order valence-corrected chi connectivity index (χ1v) is 9.44. The fourth-order valence-electron chi connectivity index (χ4n) is 1.67. The van der Waals surface area contributed by atoms with Crippen LogP contribution in [0.4, 0.5) is 5.13 Å². The number of rotatable bonds is 7. The predicted molar refractivity (Wildman–Crippen MR) is 94.4 cm³/mol. The van der Waals surface area contributed by atoms with Crippen LogP contribution in [-0.4, -0.2) is 22.7 Å². The van der Waals surface area contributed by atoms with Crippen molar-refractivity contribution >= 4 is 45.5 Å². The van der Waals surface area contributed by atoms with Gasteiger partial charge in [-0.25, -0.2) is 0 Å². The number of thiophene rings is 1. The van der Waals surface area contributed by atoms with Gasteiger partial charge in [-0.15, -0.1) is 21.5 Å². The fraction of sp³-hybridized carbons (Fsp3) is 0.133. The molecule has 0 aliphatic carbocycles. The Morgan fingerprint density at radius 3 is 2.83 bits per heavy atom. The SMILES string of the molecule is O=C(COc1ccccc1)Nc1nnc(SCc2cccs2)s1. The summed E-state index contributed by atoms with van der Waals surface area (Å²) in [6.45, 7) is -0.0543. The predicted octanol–water partition coefficient (Wildman–Crippen LogP) is 3.91. The third-order valence-corrected chi connectivity index (χ3v) is 5.76. The van der Waals surface area contributed by atoms with Crippen LogP contribution in [0.1, 0.15) is 4.88 Å². The van der Waals surface area contributed by atoms with Gasteiger partial charge in [-0.3, -0.25) is 10.1 Å². The Labute approximate surface area is 145 Å². The van der Waals surface area contributed by atoms with Crippen LogP contribution in [0.3, 0.4) is 0 Å². The van der Waals surface area contributed by atoms with Crippen molar-refractivity contribution in [2.75, 3.05) is 11.9 Å². The fourth-order valence-corrected chi connectivity index (χ4v) is 4.21. The van der Waals surface area contributed by atoms with E-state index in [0.717, 1.165) is 10.1 Å². The zero-order valence-electron chi connectivity index (χ0n) is 12.0. The molecule has 118 valence electrons. The van der Waals surface area contributed by atoms with Crippen LogP contribution < -0.4 is 10.1 Å². The molecule has 5 nitrogen and oxygen atoms in total. The van der Waals surface area contributed by atoms with Crippen molar-refractivity contribution in [3.05, 3.63) is 52.7 Å². The van der Waals surface area contributed by atoms with Gasteiger partial charge in [-0.2, -0.15) is 0 Å². The topological polar surface area (TPSA) is 64.1 Å². The molecule has 1 N–H and O–H groups in total. The van der Waals surface area contributed by atoms with Gasteiger partial charge >= 0.3 is 0 Å². The Morgan fingerprint density at radius 2 is 2.04 bits per heavy atom. The molecule has 8 heteroatoms. The summed E-state index contributed by atoms with van der Waals surface area (Å²) < 4.78 is 6.22. The van der Waals surface area contributed by atoms with Gasteiger partial charge in [-0.05, 0) is 23.6 Å². The maximum atomic E-state index is 11.8. The van der Waals surface area contributed by atoms with E-state index in [0.29, 0.717) is 10.9 Å². The number of carbonyl (C=O) groups is 1. The lowest BCUT2D eigenvalue weighted by Gasteiger charge is -2.04. The van der Waals surface area contributed by atoms with E-state index in [1.807, 2.05) is 29.6 Å². The molecule has 0 atom stereocenters. The molecule has 3 aromatic rings. The number of benzene rings is 1. The first-order valence-electron chi connectivity index (χ1n) is 6.76. The maximum absolute atomic E-state index is 11.8. The van der Waals surface area contributed by atoms with Crippen LogP contribution in [0, 0.1) is 0 Å². The van der Waals surface area contributed by atoms with Gasteiger partial charge in [-0.1, -0.05) is 47.4 Å². The Bertz CT molecular complexity index is 744. The summed E-state index contributed by atoms with van der Waals surface area (Å²) >= 11 is 4.69. The molecule has 0 fully saturated rings. The molecular weight excluding hydrogens is 350 g/mol. The van der Waals surface area contributed by atoms with Crippen molar-refractivity contribution in [1.29, 1.82) is 0 Å². The Morgan fingerprint density at radius 1 is 1.17 bits per heavy atom. The van der Waals surface area contributed by atoms with E-state index < -0.39 is 0 Å². The van der Waals surface area contributed by atoms with Gasteiger partial charge in [0, 0.05) is 10.6 Å².